The second kappa shape index (κ2) is 7.54. The summed E-state index contributed by atoms with van der Waals surface area (Å²) < 4.78 is 38.4. The van der Waals surface area contributed by atoms with Crippen molar-refractivity contribution in [1.29, 1.82) is 0 Å². The number of benzene rings is 1. The fourth-order valence-corrected chi connectivity index (χ4v) is 4.11. The van der Waals surface area contributed by atoms with E-state index < -0.39 is 11.7 Å². The van der Waals surface area contributed by atoms with E-state index >= 15 is 0 Å². The van der Waals surface area contributed by atoms with Crippen LogP contribution < -0.4 is 5.73 Å². The highest BCUT2D eigenvalue weighted by Crippen LogP contribution is 2.37. The van der Waals surface area contributed by atoms with E-state index in [1.54, 1.807) is 13.0 Å². The van der Waals surface area contributed by atoms with E-state index in [0.717, 1.165) is 31.5 Å². The van der Waals surface area contributed by atoms with Crippen LogP contribution in [0.5, 0.6) is 0 Å². The van der Waals surface area contributed by atoms with Crippen LogP contribution in [0.3, 0.4) is 0 Å². The summed E-state index contributed by atoms with van der Waals surface area (Å²) in [6, 6.07) is 5.41. The first kappa shape index (κ1) is 20.0. The van der Waals surface area contributed by atoms with Crippen LogP contribution in [0, 0.1) is 17.8 Å². The van der Waals surface area contributed by atoms with Gasteiger partial charge in [-0.1, -0.05) is 25.1 Å². The molecule has 2 aliphatic rings. The van der Waals surface area contributed by atoms with E-state index in [1.165, 1.54) is 6.07 Å². The third kappa shape index (κ3) is 4.29. The first-order chi connectivity index (χ1) is 11.3. The number of hydrogen-bond acceptors (Lipinski definition) is 2. The molecule has 3 rings (SSSR count). The molecule has 7 heteroatoms. The van der Waals surface area contributed by atoms with Crippen molar-refractivity contribution in [2.24, 2.45) is 23.5 Å². The van der Waals surface area contributed by atoms with Gasteiger partial charge in [-0.15, -0.1) is 12.4 Å². The fraction of sp³-hybridized carbons (Fsp3) is 0.611. The van der Waals surface area contributed by atoms with Gasteiger partial charge < -0.3 is 10.6 Å². The molecule has 0 spiro atoms. The predicted molar refractivity (Wildman–Crippen MR) is 92.3 cm³/mol. The second-order valence-electron chi connectivity index (χ2n) is 7.21. The Labute approximate surface area is 152 Å². The van der Waals surface area contributed by atoms with Crippen LogP contribution in [0.1, 0.15) is 30.9 Å². The highest BCUT2D eigenvalue weighted by molar-refractivity contribution is 5.85. The molecule has 1 saturated carbocycles. The summed E-state index contributed by atoms with van der Waals surface area (Å²) in [5.41, 5.74) is 5.97. The van der Waals surface area contributed by atoms with Crippen LogP contribution >= 0.6 is 12.4 Å². The van der Waals surface area contributed by atoms with Crippen molar-refractivity contribution >= 4 is 18.3 Å². The Kier molecular flexibility index (Phi) is 6.05. The van der Waals surface area contributed by atoms with Crippen LogP contribution in [0.25, 0.3) is 0 Å². The van der Waals surface area contributed by atoms with Gasteiger partial charge >= 0.3 is 6.18 Å². The molecular formula is C18H24ClF3N2O. The van der Waals surface area contributed by atoms with Crippen molar-refractivity contribution in [3.05, 3.63) is 35.4 Å². The van der Waals surface area contributed by atoms with Gasteiger partial charge in [-0.2, -0.15) is 13.2 Å². The summed E-state index contributed by atoms with van der Waals surface area (Å²) in [6.45, 7) is 3.22. The Hall–Kier alpha value is -1.27. The van der Waals surface area contributed by atoms with Gasteiger partial charge in [0, 0.05) is 25.0 Å². The molecule has 2 N–H and O–H groups in total. The molecule has 4 atom stereocenters. The number of fused-ring (bicyclic) bond motifs is 1. The molecule has 1 aromatic rings. The molecule has 4 unspecified atom stereocenters. The molecule has 0 bridgehead atoms. The van der Waals surface area contributed by atoms with Gasteiger partial charge in [0.05, 0.1) is 5.56 Å². The topological polar surface area (TPSA) is 46.3 Å². The summed E-state index contributed by atoms with van der Waals surface area (Å²) in [4.78, 5) is 14.5. The molecule has 1 aliphatic carbocycles. The summed E-state index contributed by atoms with van der Waals surface area (Å²) in [5.74, 6) is 0.567. The van der Waals surface area contributed by atoms with Gasteiger partial charge in [-0.25, -0.2) is 0 Å². The minimum atomic E-state index is -4.36. The van der Waals surface area contributed by atoms with Gasteiger partial charge in [-0.3, -0.25) is 4.79 Å². The molecule has 2 fully saturated rings. The summed E-state index contributed by atoms with van der Waals surface area (Å²) in [5, 5.41) is 0. The van der Waals surface area contributed by atoms with Crippen LogP contribution in [-0.4, -0.2) is 29.9 Å². The number of rotatable bonds is 3. The lowest BCUT2D eigenvalue weighted by Crippen LogP contribution is -2.37. The van der Waals surface area contributed by atoms with Crippen LogP contribution in [0.4, 0.5) is 13.2 Å². The number of alkyl halides is 3. The van der Waals surface area contributed by atoms with Crippen LogP contribution in [0.2, 0.25) is 0 Å². The minimum absolute atomic E-state index is 0. The van der Waals surface area contributed by atoms with Gasteiger partial charge in [0.25, 0.3) is 0 Å². The zero-order valence-corrected chi connectivity index (χ0v) is 14.9. The van der Waals surface area contributed by atoms with Gasteiger partial charge in [0.1, 0.15) is 0 Å². The Bertz CT molecular complexity index is 623. The highest BCUT2D eigenvalue weighted by Gasteiger charge is 2.43. The third-order valence-corrected chi connectivity index (χ3v) is 5.44. The van der Waals surface area contributed by atoms with Crippen molar-refractivity contribution in [1.82, 2.24) is 4.90 Å². The molecule has 0 radical (unpaired) electrons. The molecule has 1 amide bonds. The predicted octanol–water partition coefficient (Wildman–Crippen LogP) is 3.50. The molecule has 3 nitrogen and oxygen atoms in total. The largest absolute Gasteiger partial charge is 0.416 e. The molecule has 1 heterocycles. The smallest absolute Gasteiger partial charge is 0.342 e. The lowest BCUT2D eigenvalue weighted by atomic mass is 9.98. The lowest BCUT2D eigenvalue weighted by molar-refractivity contribution is -0.137. The minimum Gasteiger partial charge on any atom is -0.342 e. The lowest BCUT2D eigenvalue weighted by Gasteiger charge is -2.23. The van der Waals surface area contributed by atoms with Gasteiger partial charge in [0.2, 0.25) is 5.91 Å². The van der Waals surface area contributed by atoms with Crippen molar-refractivity contribution in [2.75, 3.05) is 13.1 Å². The maximum absolute atomic E-state index is 12.8. The van der Waals surface area contributed by atoms with Crippen molar-refractivity contribution in [3.8, 4) is 0 Å². The summed E-state index contributed by atoms with van der Waals surface area (Å²) >= 11 is 0. The number of nitrogens with two attached hydrogens (primary N) is 1. The molecule has 140 valence electrons. The SMILES string of the molecule is CC(Cc1cccc(C(F)(F)F)c1)C(=O)N1CC2CCC(N)C2C1.Cl. The van der Waals surface area contributed by atoms with Gasteiger partial charge in [0.15, 0.2) is 0 Å². The standard InChI is InChI=1S/C18H23F3N2O.ClH/c1-11(7-12-3-2-4-14(8-12)18(19,20)21)17(24)23-9-13-5-6-16(22)15(13)10-23;/h2-4,8,11,13,15-16H,5-7,9-10,22H2,1H3;1H. The molecule has 1 aromatic carbocycles. The van der Waals surface area contributed by atoms with Crippen LogP contribution in [0.15, 0.2) is 24.3 Å². The van der Waals surface area contributed by atoms with E-state index in [-0.39, 0.29) is 30.3 Å². The molecule has 1 saturated heterocycles. The van der Waals surface area contributed by atoms with Crippen molar-refractivity contribution < 1.29 is 18.0 Å². The molecular weight excluding hydrogens is 353 g/mol. The normalized spacial score (nSPS) is 26.9. The fourth-order valence-electron chi connectivity index (χ4n) is 4.11. The Morgan fingerprint density at radius 1 is 1.32 bits per heavy atom. The monoisotopic (exact) mass is 376 g/mol. The Balaban J connectivity index is 0.00000225. The van der Waals surface area contributed by atoms with Gasteiger partial charge in [-0.05, 0) is 42.7 Å². The first-order valence-corrected chi connectivity index (χ1v) is 8.46. The van der Waals surface area contributed by atoms with Crippen molar-refractivity contribution in [3.63, 3.8) is 0 Å². The number of amides is 1. The zero-order chi connectivity index (χ0) is 17.5. The zero-order valence-electron chi connectivity index (χ0n) is 14.1. The maximum Gasteiger partial charge on any atom is 0.416 e. The molecule has 25 heavy (non-hydrogen) atoms. The number of carbonyl (C=O) groups is 1. The van der Waals surface area contributed by atoms with E-state index in [9.17, 15) is 18.0 Å². The van der Waals surface area contributed by atoms with E-state index in [0.29, 0.717) is 30.4 Å². The highest BCUT2D eigenvalue weighted by atomic mass is 35.5. The summed E-state index contributed by atoms with van der Waals surface area (Å²) in [7, 11) is 0. The van der Waals surface area contributed by atoms with E-state index in [2.05, 4.69) is 0 Å². The molecule has 0 aromatic heterocycles. The van der Waals surface area contributed by atoms with E-state index in [4.69, 9.17) is 5.73 Å². The number of halogens is 4. The number of likely N-dealkylation sites (tertiary alicyclic amines) is 1. The second-order valence-corrected chi connectivity index (χ2v) is 7.21. The average Bonchev–Trinajstić information content (AvgIpc) is 3.08. The number of carbonyl (C=O) groups excluding carboxylic acids is 1. The Morgan fingerprint density at radius 3 is 2.68 bits per heavy atom. The van der Waals surface area contributed by atoms with Crippen LogP contribution in [-0.2, 0) is 17.4 Å². The quantitative estimate of drug-likeness (QED) is 0.877. The Morgan fingerprint density at radius 2 is 2.04 bits per heavy atom. The number of hydrogen-bond donors (Lipinski definition) is 1. The number of nitrogens with zero attached hydrogens (tertiary/aromatic N) is 1. The van der Waals surface area contributed by atoms with E-state index in [1.807, 2.05) is 4.90 Å². The first-order valence-electron chi connectivity index (χ1n) is 8.46. The average molecular weight is 377 g/mol. The van der Waals surface area contributed by atoms with Crippen molar-refractivity contribution in [2.45, 2.75) is 38.4 Å². The summed E-state index contributed by atoms with van der Waals surface area (Å²) in [6.07, 6.45) is -1.94. The maximum atomic E-state index is 12.8. The molecule has 1 aliphatic heterocycles. The third-order valence-electron chi connectivity index (χ3n) is 5.44.